The van der Waals surface area contributed by atoms with Crippen LogP contribution in [0, 0.1) is 12.3 Å². The van der Waals surface area contributed by atoms with E-state index in [4.69, 9.17) is 16.9 Å². The van der Waals surface area contributed by atoms with Crippen molar-refractivity contribution >= 4 is 34.2 Å². The second kappa shape index (κ2) is 4.97. The van der Waals surface area contributed by atoms with Crippen molar-refractivity contribution in [2.45, 2.75) is 12.7 Å². The molecule has 0 aliphatic heterocycles. The molecule has 1 heterocycles. The molecule has 0 aliphatic rings. The van der Waals surface area contributed by atoms with Crippen LogP contribution in [0.4, 0.5) is 0 Å². The lowest BCUT2D eigenvalue weighted by Crippen LogP contribution is -2.23. The van der Waals surface area contributed by atoms with E-state index in [2.05, 4.69) is 9.98 Å². The van der Waals surface area contributed by atoms with E-state index < -0.39 is 0 Å². The van der Waals surface area contributed by atoms with Crippen molar-refractivity contribution in [3.63, 3.8) is 0 Å². The van der Waals surface area contributed by atoms with Gasteiger partial charge in [-0.05, 0) is 6.92 Å². The van der Waals surface area contributed by atoms with E-state index in [-0.39, 0.29) is 11.1 Å². The van der Waals surface area contributed by atoms with Crippen LogP contribution >= 0.6 is 23.1 Å². The lowest BCUT2D eigenvalue weighted by atomic mass is 10.6. The highest BCUT2D eigenvalue weighted by atomic mass is 32.2. The second-order valence-electron chi connectivity index (χ2n) is 2.51. The van der Waals surface area contributed by atoms with Crippen LogP contribution in [0.2, 0.25) is 0 Å². The molecule has 0 fully saturated rings. The van der Waals surface area contributed by atoms with Crippen molar-refractivity contribution in [1.82, 2.24) is 4.98 Å². The van der Waals surface area contributed by atoms with Crippen molar-refractivity contribution in [3.8, 4) is 0 Å². The third-order valence-electron chi connectivity index (χ3n) is 1.23. The molecule has 1 rings (SSSR count). The number of aryl methyl sites for hydroxylation is 1. The summed E-state index contributed by atoms with van der Waals surface area (Å²) in [6.07, 6.45) is 0. The fourth-order valence-electron chi connectivity index (χ4n) is 0.749. The van der Waals surface area contributed by atoms with Gasteiger partial charge >= 0.3 is 0 Å². The number of thioether (sulfide) groups is 1. The molecule has 0 amide bonds. The molecule has 14 heavy (non-hydrogen) atoms. The minimum Gasteiger partial charge on any atom is -0.370 e. The van der Waals surface area contributed by atoms with Crippen LogP contribution in [0.3, 0.4) is 0 Å². The number of hydrogen-bond donors (Lipinski definition) is 3. The minimum atomic E-state index is -0.0854. The monoisotopic (exact) mass is 229 g/mol. The Bertz CT molecular complexity index is 353. The zero-order valence-corrected chi connectivity index (χ0v) is 9.28. The number of thiazole rings is 1. The van der Waals surface area contributed by atoms with Crippen molar-refractivity contribution < 1.29 is 0 Å². The minimum absolute atomic E-state index is 0.0854. The Balaban J connectivity index is 2.41. The molecule has 7 heteroatoms. The Morgan fingerprint density at radius 3 is 2.93 bits per heavy atom. The zero-order chi connectivity index (χ0) is 10.6. The molecule has 0 aliphatic carbocycles. The number of nitrogens with one attached hydrogen (secondary N) is 1. The summed E-state index contributed by atoms with van der Waals surface area (Å²) in [7, 11) is 0. The van der Waals surface area contributed by atoms with Gasteiger partial charge in [-0.1, -0.05) is 11.8 Å². The Morgan fingerprint density at radius 2 is 2.43 bits per heavy atom. The molecule has 0 bridgehead atoms. The molecule has 5 N–H and O–H groups in total. The summed E-state index contributed by atoms with van der Waals surface area (Å²) in [6.45, 7) is 1.94. The number of nitrogens with zero attached hydrogens (tertiary/aromatic N) is 2. The van der Waals surface area contributed by atoms with Crippen molar-refractivity contribution in [2.75, 3.05) is 0 Å². The molecule has 76 valence electrons. The fourth-order valence-corrected chi connectivity index (χ4v) is 2.25. The highest BCUT2D eigenvalue weighted by Gasteiger charge is 2.01. The maximum Gasteiger partial charge on any atom is 0.193 e. The third kappa shape index (κ3) is 3.75. The number of aromatic nitrogens is 1. The summed E-state index contributed by atoms with van der Waals surface area (Å²) in [5.74, 6) is 0.548. The van der Waals surface area contributed by atoms with Gasteiger partial charge < -0.3 is 11.5 Å². The molecular weight excluding hydrogens is 218 g/mol. The van der Waals surface area contributed by atoms with Gasteiger partial charge in [0.25, 0.3) is 0 Å². The summed E-state index contributed by atoms with van der Waals surface area (Å²) >= 11 is 2.83. The van der Waals surface area contributed by atoms with Gasteiger partial charge in [0.2, 0.25) is 0 Å². The first-order valence-electron chi connectivity index (χ1n) is 3.80. The van der Waals surface area contributed by atoms with E-state index >= 15 is 0 Å². The lowest BCUT2D eigenvalue weighted by Gasteiger charge is -1.95. The maximum atomic E-state index is 7.37. The van der Waals surface area contributed by atoms with E-state index in [1.807, 2.05) is 12.3 Å². The predicted octanol–water partition coefficient (Wildman–Crippen LogP) is 0.893. The highest BCUT2D eigenvalue weighted by Crippen LogP contribution is 2.17. The summed E-state index contributed by atoms with van der Waals surface area (Å²) in [4.78, 5) is 7.85. The standard InChI is InChI=1S/C7H11N5S2/c1-4-2-13-5(11-4)3-14-7(10)12-6(8)9/h2H,3H2,1H3,(H5,8,9,10,12). The third-order valence-corrected chi connectivity index (χ3v) is 3.16. The first-order valence-corrected chi connectivity index (χ1v) is 5.66. The molecule has 0 spiro atoms. The van der Waals surface area contributed by atoms with E-state index in [0.29, 0.717) is 5.75 Å². The number of aliphatic imine (C=N–C) groups is 1. The fraction of sp³-hybridized carbons (Fsp3) is 0.286. The molecule has 0 radical (unpaired) electrons. The normalized spacial score (nSPS) is 9.79. The van der Waals surface area contributed by atoms with E-state index in [1.165, 1.54) is 11.8 Å². The molecule has 0 aromatic carbocycles. The highest BCUT2D eigenvalue weighted by molar-refractivity contribution is 8.13. The molecule has 0 unspecified atom stereocenters. The summed E-state index contributed by atoms with van der Waals surface area (Å²) < 4.78 is 0. The number of hydrogen-bond acceptors (Lipinski definition) is 4. The Kier molecular flexibility index (Phi) is 3.90. The second-order valence-corrected chi connectivity index (χ2v) is 4.42. The van der Waals surface area contributed by atoms with Gasteiger partial charge in [0.1, 0.15) is 5.01 Å². The predicted molar refractivity (Wildman–Crippen MR) is 61.7 cm³/mol. The van der Waals surface area contributed by atoms with E-state index in [9.17, 15) is 0 Å². The van der Waals surface area contributed by atoms with Gasteiger partial charge in [-0.2, -0.15) is 4.99 Å². The summed E-state index contributed by atoms with van der Waals surface area (Å²) in [6, 6.07) is 0. The molecule has 0 saturated carbocycles. The summed E-state index contributed by atoms with van der Waals surface area (Å²) in [5, 5.41) is 10.4. The Hall–Kier alpha value is -1.08. The van der Waals surface area contributed by atoms with Crippen molar-refractivity contribution in [3.05, 3.63) is 16.1 Å². The largest absolute Gasteiger partial charge is 0.370 e. The summed E-state index contributed by atoms with van der Waals surface area (Å²) in [5.41, 5.74) is 11.3. The van der Waals surface area contributed by atoms with Gasteiger partial charge in [0.15, 0.2) is 11.1 Å². The molecule has 1 aromatic heterocycles. The smallest absolute Gasteiger partial charge is 0.193 e. The number of nitrogens with two attached hydrogens (primary N) is 2. The molecule has 1 aromatic rings. The average Bonchev–Trinajstić information content (AvgIpc) is 2.47. The van der Waals surface area contributed by atoms with E-state index in [0.717, 1.165) is 10.7 Å². The van der Waals surface area contributed by atoms with Gasteiger partial charge in [-0.15, -0.1) is 11.3 Å². The molecular formula is C7H11N5S2. The zero-order valence-electron chi connectivity index (χ0n) is 7.65. The number of guanidine groups is 1. The van der Waals surface area contributed by atoms with Crippen LogP contribution in [0.25, 0.3) is 0 Å². The number of rotatable bonds is 2. The maximum absolute atomic E-state index is 7.37. The molecule has 0 atom stereocenters. The number of amidine groups is 1. The Labute approximate surface area is 90.1 Å². The lowest BCUT2D eigenvalue weighted by molar-refractivity contribution is 1.19. The van der Waals surface area contributed by atoms with Crippen LogP contribution < -0.4 is 11.5 Å². The van der Waals surface area contributed by atoms with Gasteiger partial charge in [-0.25, -0.2) is 4.98 Å². The van der Waals surface area contributed by atoms with Gasteiger partial charge in [0, 0.05) is 11.1 Å². The van der Waals surface area contributed by atoms with Crippen LogP contribution in [0.5, 0.6) is 0 Å². The SMILES string of the molecule is Cc1csc(CSC(=N)N=C(N)N)n1. The average molecular weight is 229 g/mol. The van der Waals surface area contributed by atoms with Crippen molar-refractivity contribution in [1.29, 1.82) is 5.41 Å². The molecule has 5 nitrogen and oxygen atoms in total. The van der Waals surface area contributed by atoms with E-state index in [1.54, 1.807) is 11.3 Å². The van der Waals surface area contributed by atoms with Crippen LogP contribution in [0.15, 0.2) is 10.4 Å². The van der Waals surface area contributed by atoms with Crippen molar-refractivity contribution in [2.24, 2.45) is 16.5 Å². The topological polar surface area (TPSA) is 101 Å². The van der Waals surface area contributed by atoms with Gasteiger partial charge in [-0.3, -0.25) is 5.41 Å². The van der Waals surface area contributed by atoms with Crippen LogP contribution in [-0.2, 0) is 5.75 Å². The Morgan fingerprint density at radius 1 is 1.71 bits per heavy atom. The molecule has 0 saturated heterocycles. The van der Waals surface area contributed by atoms with Crippen LogP contribution in [-0.4, -0.2) is 16.1 Å². The van der Waals surface area contributed by atoms with Gasteiger partial charge in [0.05, 0.1) is 5.75 Å². The first kappa shape index (κ1) is 11.0. The quantitative estimate of drug-likeness (QED) is 0.518. The first-order chi connectivity index (χ1) is 6.58. The van der Waals surface area contributed by atoms with Crippen LogP contribution in [0.1, 0.15) is 10.7 Å².